The van der Waals surface area contributed by atoms with Crippen LogP contribution in [0.25, 0.3) is 11.0 Å². The molecule has 1 aromatic carbocycles. The quantitative estimate of drug-likeness (QED) is 0.677. The predicted octanol–water partition coefficient (Wildman–Crippen LogP) is 2.42. The third-order valence-electron chi connectivity index (χ3n) is 4.37. The van der Waals surface area contributed by atoms with Crippen molar-refractivity contribution in [1.82, 2.24) is 14.5 Å². The van der Waals surface area contributed by atoms with Crippen molar-refractivity contribution in [1.29, 1.82) is 0 Å². The fourth-order valence-electron chi connectivity index (χ4n) is 3.06. The highest BCUT2D eigenvalue weighted by molar-refractivity contribution is 7.10. The van der Waals surface area contributed by atoms with Crippen molar-refractivity contribution >= 4 is 28.3 Å². The Morgan fingerprint density at radius 1 is 1.12 bits per heavy atom. The van der Waals surface area contributed by atoms with Crippen molar-refractivity contribution in [3.8, 4) is 0 Å². The highest BCUT2D eigenvalue weighted by Crippen LogP contribution is 2.23. The zero-order valence-corrected chi connectivity index (χ0v) is 15.6. The van der Waals surface area contributed by atoms with Crippen molar-refractivity contribution in [2.24, 2.45) is 7.05 Å². The van der Waals surface area contributed by atoms with Crippen LogP contribution in [0.15, 0.2) is 51.4 Å². The number of carbonyl (C=O) groups is 1. The van der Waals surface area contributed by atoms with Gasteiger partial charge in [0.15, 0.2) is 0 Å². The Balaban J connectivity index is 1.92. The molecule has 0 saturated heterocycles. The van der Waals surface area contributed by atoms with Crippen LogP contribution in [0.1, 0.15) is 30.7 Å². The molecule has 0 spiro atoms. The zero-order valence-electron chi connectivity index (χ0n) is 14.8. The number of fused-ring (bicyclic) bond motifs is 1. The molecule has 7 heteroatoms. The predicted molar refractivity (Wildman–Crippen MR) is 104 cm³/mol. The smallest absolute Gasteiger partial charge is 0.317 e. The molecule has 0 saturated carbocycles. The van der Waals surface area contributed by atoms with Gasteiger partial charge in [-0.25, -0.2) is 0 Å². The minimum Gasteiger partial charge on any atom is -0.347 e. The van der Waals surface area contributed by atoms with E-state index in [4.69, 9.17) is 0 Å². The van der Waals surface area contributed by atoms with Crippen molar-refractivity contribution in [3.63, 3.8) is 0 Å². The van der Waals surface area contributed by atoms with E-state index in [0.717, 1.165) is 17.7 Å². The fraction of sp³-hybridized carbons (Fsp3) is 0.316. The summed E-state index contributed by atoms with van der Waals surface area (Å²) in [5, 5.41) is 4.97. The molecular weight excluding hydrogens is 350 g/mol. The number of nitrogens with zero attached hydrogens (tertiary/aromatic N) is 2. The van der Waals surface area contributed by atoms with Gasteiger partial charge in [0.25, 0.3) is 0 Å². The summed E-state index contributed by atoms with van der Waals surface area (Å²) in [5.74, 6) is -0.280. The van der Waals surface area contributed by atoms with E-state index in [2.05, 4.69) is 12.2 Å². The molecule has 2 aromatic heterocycles. The Hall–Kier alpha value is -2.67. The van der Waals surface area contributed by atoms with Crippen LogP contribution in [0.2, 0.25) is 0 Å². The Kier molecular flexibility index (Phi) is 5.37. The third-order valence-corrected chi connectivity index (χ3v) is 5.35. The lowest BCUT2D eigenvalue weighted by molar-refractivity contribution is -0.122. The van der Waals surface area contributed by atoms with Gasteiger partial charge in [0.2, 0.25) is 5.91 Å². The largest absolute Gasteiger partial charge is 0.347 e. The first kappa shape index (κ1) is 18.1. The number of benzene rings is 1. The molecule has 136 valence electrons. The molecule has 0 aliphatic heterocycles. The van der Waals surface area contributed by atoms with Crippen LogP contribution in [0, 0.1) is 0 Å². The summed E-state index contributed by atoms with van der Waals surface area (Å²) >= 11 is 1.59. The first-order valence-corrected chi connectivity index (χ1v) is 9.42. The number of para-hydroxylation sites is 2. The standard InChI is InChI=1S/C19H21N3O3S/c1-3-7-13(16-10-6-11-26-16)20-17(23)12-22-15-9-5-4-8-14(15)21(2)18(24)19(22)25/h4-6,8-11,13H,3,7,12H2,1-2H3,(H,20,23)/t13-/m1/s1. The molecule has 6 nitrogen and oxygen atoms in total. The molecule has 0 aliphatic carbocycles. The van der Waals surface area contributed by atoms with Crippen LogP contribution in [-0.4, -0.2) is 15.0 Å². The van der Waals surface area contributed by atoms with E-state index < -0.39 is 11.1 Å². The highest BCUT2D eigenvalue weighted by atomic mass is 32.1. The number of aryl methyl sites for hydroxylation is 1. The van der Waals surface area contributed by atoms with Crippen LogP contribution < -0.4 is 16.4 Å². The molecule has 3 aromatic rings. The van der Waals surface area contributed by atoms with Gasteiger partial charge in [0, 0.05) is 11.9 Å². The molecule has 1 N–H and O–H groups in total. The molecule has 2 heterocycles. The van der Waals surface area contributed by atoms with Gasteiger partial charge in [-0.3, -0.25) is 19.0 Å². The lowest BCUT2D eigenvalue weighted by Crippen LogP contribution is -2.43. The van der Waals surface area contributed by atoms with E-state index in [0.29, 0.717) is 11.0 Å². The summed E-state index contributed by atoms with van der Waals surface area (Å²) in [6.45, 7) is 1.88. The maximum absolute atomic E-state index is 12.6. The van der Waals surface area contributed by atoms with Crippen molar-refractivity contribution in [2.45, 2.75) is 32.4 Å². The summed E-state index contributed by atoms with van der Waals surface area (Å²) in [6.07, 6.45) is 1.75. The lowest BCUT2D eigenvalue weighted by Gasteiger charge is -2.18. The van der Waals surface area contributed by atoms with Crippen LogP contribution in [0.3, 0.4) is 0 Å². The molecule has 3 rings (SSSR count). The number of thiophene rings is 1. The lowest BCUT2D eigenvalue weighted by atomic mass is 10.1. The minimum absolute atomic E-state index is 0.0824. The zero-order chi connectivity index (χ0) is 18.7. The summed E-state index contributed by atoms with van der Waals surface area (Å²) in [7, 11) is 1.56. The van der Waals surface area contributed by atoms with Gasteiger partial charge >= 0.3 is 11.1 Å². The summed E-state index contributed by atoms with van der Waals surface area (Å²) < 4.78 is 2.57. The molecule has 0 unspecified atom stereocenters. The monoisotopic (exact) mass is 371 g/mol. The average Bonchev–Trinajstić information content (AvgIpc) is 3.18. The number of aromatic nitrogens is 2. The average molecular weight is 371 g/mol. The summed E-state index contributed by atoms with van der Waals surface area (Å²) in [4.78, 5) is 38.3. The normalized spacial score (nSPS) is 12.2. The second kappa shape index (κ2) is 7.70. The number of rotatable bonds is 6. The molecule has 0 bridgehead atoms. The number of hydrogen-bond donors (Lipinski definition) is 1. The second-order valence-electron chi connectivity index (χ2n) is 6.17. The maximum Gasteiger partial charge on any atom is 0.317 e. The second-order valence-corrected chi connectivity index (χ2v) is 7.15. The van der Waals surface area contributed by atoms with Gasteiger partial charge < -0.3 is 9.88 Å². The van der Waals surface area contributed by atoms with E-state index in [1.54, 1.807) is 42.6 Å². The Labute approximate surface area is 154 Å². The molecule has 1 amide bonds. The minimum atomic E-state index is -0.690. The van der Waals surface area contributed by atoms with Crippen LogP contribution in [0.4, 0.5) is 0 Å². The summed E-state index contributed by atoms with van der Waals surface area (Å²) in [6, 6.07) is 10.9. The SMILES string of the molecule is CCC[C@@H](NC(=O)Cn1c(=O)c(=O)n(C)c2ccccc21)c1cccs1. The van der Waals surface area contributed by atoms with Crippen LogP contribution >= 0.6 is 11.3 Å². The molecule has 1 atom stereocenters. The van der Waals surface area contributed by atoms with Gasteiger partial charge in [-0.1, -0.05) is 31.5 Å². The summed E-state index contributed by atoms with van der Waals surface area (Å²) in [5.41, 5.74) is -0.143. The number of hydrogen-bond acceptors (Lipinski definition) is 4. The molecular formula is C19H21N3O3S. The van der Waals surface area contributed by atoms with Crippen molar-refractivity contribution in [3.05, 3.63) is 67.4 Å². The number of nitrogens with one attached hydrogen (secondary N) is 1. The Bertz CT molecular complexity index is 1030. The topological polar surface area (TPSA) is 73.1 Å². The van der Waals surface area contributed by atoms with E-state index in [-0.39, 0.29) is 18.5 Å². The highest BCUT2D eigenvalue weighted by Gasteiger charge is 2.17. The number of amides is 1. The number of carbonyl (C=O) groups excluding carboxylic acids is 1. The first-order valence-electron chi connectivity index (χ1n) is 8.54. The van der Waals surface area contributed by atoms with Gasteiger partial charge in [-0.15, -0.1) is 11.3 Å². The fourth-order valence-corrected chi connectivity index (χ4v) is 3.87. The van der Waals surface area contributed by atoms with Crippen LogP contribution in [0.5, 0.6) is 0 Å². The molecule has 26 heavy (non-hydrogen) atoms. The first-order chi connectivity index (χ1) is 12.5. The van der Waals surface area contributed by atoms with E-state index in [9.17, 15) is 14.4 Å². The van der Waals surface area contributed by atoms with E-state index in [1.807, 2.05) is 17.5 Å². The van der Waals surface area contributed by atoms with E-state index >= 15 is 0 Å². The van der Waals surface area contributed by atoms with Crippen molar-refractivity contribution < 1.29 is 4.79 Å². The van der Waals surface area contributed by atoms with Crippen molar-refractivity contribution in [2.75, 3.05) is 0 Å². The third kappa shape index (κ3) is 3.48. The van der Waals surface area contributed by atoms with Crippen LogP contribution in [-0.2, 0) is 18.4 Å². The molecule has 0 fully saturated rings. The Morgan fingerprint density at radius 3 is 2.50 bits per heavy atom. The molecule has 0 aliphatic rings. The molecule has 0 radical (unpaired) electrons. The maximum atomic E-state index is 12.6. The van der Waals surface area contributed by atoms with E-state index in [1.165, 1.54) is 9.13 Å². The Morgan fingerprint density at radius 2 is 1.85 bits per heavy atom. The van der Waals surface area contributed by atoms with Gasteiger partial charge in [0.1, 0.15) is 6.54 Å². The van der Waals surface area contributed by atoms with Gasteiger partial charge in [-0.05, 0) is 30.0 Å². The van der Waals surface area contributed by atoms with Gasteiger partial charge in [-0.2, -0.15) is 0 Å². The van der Waals surface area contributed by atoms with Gasteiger partial charge in [0.05, 0.1) is 17.1 Å².